The van der Waals surface area contributed by atoms with Crippen LogP contribution in [0.1, 0.15) is 21.5 Å². The lowest BCUT2D eigenvalue weighted by Crippen LogP contribution is -2.10. The van der Waals surface area contributed by atoms with E-state index in [9.17, 15) is 19.4 Å². The van der Waals surface area contributed by atoms with Crippen molar-refractivity contribution < 1.29 is 28.9 Å². The maximum absolute atomic E-state index is 13.9. The van der Waals surface area contributed by atoms with Crippen LogP contribution >= 0.6 is 0 Å². The second kappa shape index (κ2) is 6.99. The van der Waals surface area contributed by atoms with Crippen LogP contribution < -0.4 is 9.47 Å². The topological polar surface area (TPSA) is 76.0 Å². The molecular weight excluding hydrogens is 351 g/mol. The average molecular weight is 368 g/mol. The van der Waals surface area contributed by atoms with Crippen molar-refractivity contribution in [1.82, 2.24) is 0 Å². The van der Waals surface area contributed by atoms with Gasteiger partial charge >= 0.3 is 5.97 Å². The van der Waals surface area contributed by atoms with Crippen molar-refractivity contribution >= 4 is 11.5 Å². The van der Waals surface area contributed by atoms with E-state index in [0.29, 0.717) is 22.4 Å². The molecule has 2 aromatic rings. The van der Waals surface area contributed by atoms with Crippen molar-refractivity contribution in [3.63, 3.8) is 0 Å². The molecule has 138 valence electrons. The summed E-state index contributed by atoms with van der Waals surface area (Å²) < 4.78 is 24.8. The van der Waals surface area contributed by atoms with Gasteiger partial charge in [-0.25, -0.2) is 9.18 Å². The molecule has 2 aromatic carbocycles. The number of benzene rings is 2. The van der Waals surface area contributed by atoms with E-state index in [1.165, 1.54) is 37.5 Å². The lowest BCUT2D eigenvalue weighted by molar-refractivity contribution is 0.0696. The highest BCUT2D eigenvalue weighted by Gasteiger charge is 2.25. The molecular formula is C21H17FO5. The van der Waals surface area contributed by atoms with Gasteiger partial charge in [0.15, 0.2) is 11.5 Å². The molecule has 3 rings (SSSR count). The molecule has 0 aliphatic carbocycles. The molecule has 0 radical (unpaired) electrons. The molecule has 1 aliphatic heterocycles. The van der Waals surface area contributed by atoms with E-state index in [4.69, 9.17) is 9.47 Å². The van der Waals surface area contributed by atoms with Crippen molar-refractivity contribution in [3.8, 4) is 28.4 Å². The van der Waals surface area contributed by atoms with Crippen LogP contribution in [0.4, 0.5) is 4.39 Å². The van der Waals surface area contributed by atoms with E-state index in [1.54, 1.807) is 6.07 Å². The van der Waals surface area contributed by atoms with E-state index >= 15 is 0 Å². The Morgan fingerprint density at radius 3 is 2.59 bits per heavy atom. The molecule has 1 aliphatic rings. The molecule has 0 fully saturated rings. The quantitative estimate of drug-likeness (QED) is 0.748. The summed E-state index contributed by atoms with van der Waals surface area (Å²) in [6.45, 7) is 6.97. The maximum atomic E-state index is 13.9. The number of fused-ring (bicyclic) bond motifs is 3. The van der Waals surface area contributed by atoms with Gasteiger partial charge in [0.2, 0.25) is 0 Å². The first kappa shape index (κ1) is 18.3. The summed E-state index contributed by atoms with van der Waals surface area (Å²) in [7, 11) is 1.42. The number of aromatic hydroxyl groups is 1. The van der Waals surface area contributed by atoms with Gasteiger partial charge in [0.1, 0.15) is 18.2 Å². The second-order valence-electron chi connectivity index (χ2n) is 5.89. The third kappa shape index (κ3) is 3.17. The lowest BCUT2D eigenvalue weighted by atomic mass is 9.90. The predicted molar refractivity (Wildman–Crippen MR) is 99.8 cm³/mol. The summed E-state index contributed by atoms with van der Waals surface area (Å²) in [5, 5.41) is 19.6. The number of phenolic OH excluding ortho intramolecular Hbond substituents is 1. The van der Waals surface area contributed by atoms with E-state index in [0.717, 1.165) is 0 Å². The van der Waals surface area contributed by atoms with Crippen LogP contribution in [0, 0.1) is 0 Å². The molecule has 0 spiro atoms. The number of phenols is 1. The Bertz CT molecular complexity index is 1000. The first-order chi connectivity index (χ1) is 12.9. The Kier molecular flexibility index (Phi) is 4.73. The lowest BCUT2D eigenvalue weighted by Gasteiger charge is -2.24. The highest BCUT2D eigenvalue weighted by molar-refractivity contribution is 5.99. The largest absolute Gasteiger partial charge is 0.504 e. The van der Waals surface area contributed by atoms with Crippen molar-refractivity contribution in [2.45, 2.75) is 6.61 Å². The Labute approximate surface area is 155 Å². The number of allylic oxidation sites excluding steroid dienone is 4. The van der Waals surface area contributed by atoms with Crippen LogP contribution in [0.2, 0.25) is 0 Å². The highest BCUT2D eigenvalue weighted by Crippen LogP contribution is 2.45. The minimum absolute atomic E-state index is 0.0166. The Hall–Kier alpha value is -3.54. The van der Waals surface area contributed by atoms with Crippen LogP contribution in [-0.4, -0.2) is 23.3 Å². The molecule has 0 saturated heterocycles. The van der Waals surface area contributed by atoms with E-state index in [1.807, 2.05) is 0 Å². The van der Waals surface area contributed by atoms with Crippen molar-refractivity contribution in [1.29, 1.82) is 0 Å². The standard InChI is InChI=1S/C21H17FO5/c1-4-5-13(11(2)22)15-9-19-16(7-17(15)21(24)25)14-8-20(26-3)18(23)6-12(14)10-27-19/h4-9,23H,1-2,10H2,3H3,(H,24,25)/b13-5+. The maximum Gasteiger partial charge on any atom is 0.336 e. The van der Waals surface area contributed by atoms with Gasteiger partial charge in [0.25, 0.3) is 0 Å². The monoisotopic (exact) mass is 368 g/mol. The summed E-state index contributed by atoms with van der Waals surface area (Å²) in [6.07, 6.45) is 2.71. The molecule has 1 heterocycles. The molecule has 0 unspecified atom stereocenters. The number of hydrogen-bond acceptors (Lipinski definition) is 4. The summed E-state index contributed by atoms with van der Waals surface area (Å²) in [6, 6.07) is 6.02. The molecule has 0 atom stereocenters. The van der Waals surface area contributed by atoms with Crippen molar-refractivity contribution in [3.05, 3.63) is 72.1 Å². The van der Waals surface area contributed by atoms with Gasteiger partial charge in [-0.3, -0.25) is 0 Å². The van der Waals surface area contributed by atoms with Gasteiger partial charge in [-0.05, 0) is 29.8 Å². The zero-order chi connectivity index (χ0) is 19.7. The fourth-order valence-electron chi connectivity index (χ4n) is 3.05. The minimum Gasteiger partial charge on any atom is -0.504 e. The number of hydrogen-bond donors (Lipinski definition) is 2. The van der Waals surface area contributed by atoms with Gasteiger partial charge in [-0.15, -0.1) is 0 Å². The molecule has 0 saturated carbocycles. The van der Waals surface area contributed by atoms with Crippen LogP contribution in [0.3, 0.4) is 0 Å². The van der Waals surface area contributed by atoms with Gasteiger partial charge in [0, 0.05) is 22.3 Å². The molecule has 5 nitrogen and oxygen atoms in total. The number of methoxy groups -OCH3 is 1. The normalized spacial score (nSPS) is 12.4. The zero-order valence-corrected chi connectivity index (χ0v) is 14.6. The fourth-order valence-corrected chi connectivity index (χ4v) is 3.05. The number of carbonyl (C=O) groups is 1. The summed E-state index contributed by atoms with van der Waals surface area (Å²) in [5.41, 5.74) is 1.92. The van der Waals surface area contributed by atoms with Crippen molar-refractivity contribution in [2.75, 3.05) is 7.11 Å². The second-order valence-corrected chi connectivity index (χ2v) is 5.89. The number of rotatable bonds is 5. The van der Waals surface area contributed by atoms with E-state index in [-0.39, 0.29) is 34.8 Å². The average Bonchev–Trinajstić information content (AvgIpc) is 2.63. The number of ether oxygens (including phenoxy) is 2. The van der Waals surface area contributed by atoms with Crippen molar-refractivity contribution in [2.24, 2.45) is 0 Å². The van der Waals surface area contributed by atoms with Gasteiger partial charge in [-0.2, -0.15) is 0 Å². The Balaban J connectivity index is 2.29. The third-order valence-electron chi connectivity index (χ3n) is 4.30. The first-order valence-electron chi connectivity index (χ1n) is 7.99. The molecule has 6 heteroatoms. The van der Waals surface area contributed by atoms with Crippen LogP contribution in [0.5, 0.6) is 17.2 Å². The highest BCUT2D eigenvalue weighted by atomic mass is 19.1. The van der Waals surface area contributed by atoms with E-state index < -0.39 is 11.8 Å². The number of halogens is 1. The Morgan fingerprint density at radius 2 is 2.00 bits per heavy atom. The summed E-state index contributed by atoms with van der Waals surface area (Å²) >= 11 is 0. The van der Waals surface area contributed by atoms with Crippen LogP contribution in [-0.2, 0) is 6.61 Å². The molecule has 27 heavy (non-hydrogen) atoms. The minimum atomic E-state index is -1.22. The molecule has 2 N–H and O–H groups in total. The zero-order valence-electron chi connectivity index (χ0n) is 14.6. The van der Waals surface area contributed by atoms with Crippen LogP contribution in [0.25, 0.3) is 16.7 Å². The van der Waals surface area contributed by atoms with Gasteiger partial charge in [-0.1, -0.05) is 25.3 Å². The van der Waals surface area contributed by atoms with E-state index in [2.05, 4.69) is 13.2 Å². The smallest absolute Gasteiger partial charge is 0.336 e. The van der Waals surface area contributed by atoms with Crippen LogP contribution in [0.15, 0.2) is 55.4 Å². The van der Waals surface area contributed by atoms with Gasteiger partial charge in [0.05, 0.1) is 12.7 Å². The first-order valence-corrected chi connectivity index (χ1v) is 7.99. The third-order valence-corrected chi connectivity index (χ3v) is 4.30. The molecule has 0 bridgehead atoms. The summed E-state index contributed by atoms with van der Waals surface area (Å²) in [4.78, 5) is 11.8. The summed E-state index contributed by atoms with van der Waals surface area (Å²) in [5.74, 6) is -1.39. The van der Waals surface area contributed by atoms with Gasteiger partial charge < -0.3 is 19.7 Å². The number of carboxylic acids is 1. The predicted octanol–water partition coefficient (Wildman–Crippen LogP) is 4.71. The number of aromatic carboxylic acids is 1. The fraction of sp³-hybridized carbons (Fsp3) is 0.0952. The number of carboxylic acid groups (broad SMARTS) is 1. The SMILES string of the molecule is C=C/C=C(\C(=C)F)c1cc2c(cc1C(=O)O)-c1cc(OC)c(O)cc1CO2. The Morgan fingerprint density at radius 1 is 1.26 bits per heavy atom. The molecule has 0 aromatic heterocycles. The molecule has 0 amide bonds.